The minimum Gasteiger partial charge on any atom is -0.474 e. The van der Waals surface area contributed by atoms with Crippen LogP contribution in [0.5, 0.6) is 5.88 Å². The summed E-state index contributed by atoms with van der Waals surface area (Å²) >= 11 is 0. The molecule has 28 heavy (non-hydrogen) atoms. The molecule has 0 amide bonds. The van der Waals surface area contributed by atoms with Crippen molar-refractivity contribution in [3.63, 3.8) is 0 Å². The van der Waals surface area contributed by atoms with Crippen LogP contribution in [-0.2, 0) is 4.74 Å². The van der Waals surface area contributed by atoms with E-state index in [0.29, 0.717) is 18.5 Å². The number of aromatic nitrogens is 5. The van der Waals surface area contributed by atoms with E-state index in [1.54, 1.807) is 12.5 Å². The monoisotopic (exact) mass is 378 g/mol. The largest absolute Gasteiger partial charge is 0.474 e. The zero-order valence-corrected chi connectivity index (χ0v) is 15.5. The van der Waals surface area contributed by atoms with E-state index in [4.69, 9.17) is 9.47 Å². The zero-order chi connectivity index (χ0) is 18.8. The molecule has 0 bridgehead atoms. The van der Waals surface area contributed by atoms with Crippen LogP contribution in [0.1, 0.15) is 30.6 Å². The van der Waals surface area contributed by atoms with Crippen molar-refractivity contribution >= 4 is 5.82 Å². The van der Waals surface area contributed by atoms with Crippen molar-refractivity contribution in [1.29, 1.82) is 0 Å². The summed E-state index contributed by atoms with van der Waals surface area (Å²) in [5.41, 5.74) is 1.19. The van der Waals surface area contributed by atoms with Crippen LogP contribution >= 0.6 is 0 Å². The van der Waals surface area contributed by atoms with Crippen molar-refractivity contribution < 1.29 is 9.47 Å². The fraction of sp³-hybridized carbons (Fsp3) is 0.400. The molecule has 2 aromatic heterocycles. The van der Waals surface area contributed by atoms with Gasteiger partial charge >= 0.3 is 0 Å². The van der Waals surface area contributed by atoms with Gasteiger partial charge in [0.1, 0.15) is 24.4 Å². The van der Waals surface area contributed by atoms with E-state index < -0.39 is 0 Å². The molecule has 144 valence electrons. The van der Waals surface area contributed by atoms with Gasteiger partial charge in [-0.15, -0.1) is 5.10 Å². The molecule has 2 aliphatic rings. The summed E-state index contributed by atoms with van der Waals surface area (Å²) in [7, 11) is 0. The molecule has 8 heteroatoms. The van der Waals surface area contributed by atoms with Crippen LogP contribution in [0.2, 0.25) is 0 Å². The normalized spacial score (nSPS) is 24.6. The summed E-state index contributed by atoms with van der Waals surface area (Å²) in [6.07, 6.45) is 7.20. The number of morpholine rings is 1. The average molecular weight is 378 g/mol. The van der Waals surface area contributed by atoms with Gasteiger partial charge in [0.25, 0.3) is 0 Å². The summed E-state index contributed by atoms with van der Waals surface area (Å²) in [6, 6.07) is 12.6. The molecular formula is C20H22N6O2. The summed E-state index contributed by atoms with van der Waals surface area (Å²) in [5.74, 6) is 1.50. The third kappa shape index (κ3) is 3.55. The Morgan fingerprint density at radius 1 is 1.11 bits per heavy atom. The predicted octanol–water partition coefficient (Wildman–Crippen LogP) is 2.43. The third-order valence-corrected chi connectivity index (χ3v) is 5.36. The predicted molar refractivity (Wildman–Crippen MR) is 102 cm³/mol. The van der Waals surface area contributed by atoms with E-state index in [9.17, 15) is 0 Å². The lowest BCUT2D eigenvalue weighted by Crippen LogP contribution is -2.39. The second-order valence-electron chi connectivity index (χ2n) is 7.18. The summed E-state index contributed by atoms with van der Waals surface area (Å²) < 4.78 is 13.9. The van der Waals surface area contributed by atoms with E-state index in [-0.39, 0.29) is 12.2 Å². The number of nitrogens with zero attached hydrogens (tertiary/aromatic N) is 6. The van der Waals surface area contributed by atoms with Gasteiger partial charge in [-0.05, 0) is 5.56 Å². The molecule has 1 aromatic carbocycles. The number of ether oxygens (including phenoxy) is 2. The molecule has 3 heterocycles. The first-order chi connectivity index (χ1) is 13.8. The fourth-order valence-corrected chi connectivity index (χ4v) is 3.73. The van der Waals surface area contributed by atoms with E-state index in [1.165, 1.54) is 5.56 Å². The minimum absolute atomic E-state index is 0.0457. The quantitative estimate of drug-likeness (QED) is 0.675. The van der Waals surface area contributed by atoms with Gasteiger partial charge in [-0.1, -0.05) is 35.5 Å². The van der Waals surface area contributed by atoms with Crippen molar-refractivity contribution in [2.24, 2.45) is 0 Å². The molecule has 5 rings (SSSR count). The van der Waals surface area contributed by atoms with Crippen LogP contribution < -0.4 is 9.64 Å². The van der Waals surface area contributed by atoms with Crippen molar-refractivity contribution in [2.75, 3.05) is 24.6 Å². The van der Waals surface area contributed by atoms with Crippen LogP contribution in [0.15, 0.2) is 55.1 Å². The number of hydrogen-bond donors (Lipinski definition) is 0. The van der Waals surface area contributed by atoms with Crippen LogP contribution in [0, 0.1) is 0 Å². The highest BCUT2D eigenvalue weighted by atomic mass is 16.5. The van der Waals surface area contributed by atoms with Crippen molar-refractivity contribution in [3.8, 4) is 5.88 Å². The Morgan fingerprint density at radius 3 is 2.82 bits per heavy atom. The maximum absolute atomic E-state index is 6.05. The highest BCUT2D eigenvalue weighted by Gasteiger charge is 2.33. The molecule has 0 spiro atoms. The van der Waals surface area contributed by atoms with Gasteiger partial charge in [0.05, 0.1) is 18.8 Å². The molecule has 2 fully saturated rings. The van der Waals surface area contributed by atoms with E-state index in [1.807, 2.05) is 35.1 Å². The average Bonchev–Trinajstić information content (AvgIpc) is 3.26. The zero-order valence-electron chi connectivity index (χ0n) is 15.5. The Balaban J connectivity index is 1.22. The van der Waals surface area contributed by atoms with Gasteiger partial charge in [-0.25, -0.2) is 14.6 Å². The Hall–Kier alpha value is -3.00. The third-order valence-electron chi connectivity index (χ3n) is 5.36. The van der Waals surface area contributed by atoms with E-state index >= 15 is 0 Å². The molecule has 1 saturated heterocycles. The second-order valence-corrected chi connectivity index (χ2v) is 7.18. The fourth-order valence-electron chi connectivity index (χ4n) is 3.73. The number of hydrogen-bond acceptors (Lipinski definition) is 7. The molecule has 8 nitrogen and oxygen atoms in total. The van der Waals surface area contributed by atoms with Crippen LogP contribution in [0.4, 0.5) is 5.82 Å². The van der Waals surface area contributed by atoms with E-state index in [0.717, 1.165) is 31.7 Å². The van der Waals surface area contributed by atoms with E-state index in [2.05, 4.69) is 37.3 Å². The maximum Gasteiger partial charge on any atom is 0.218 e. The Labute approximate surface area is 163 Å². The summed E-state index contributed by atoms with van der Waals surface area (Å²) in [4.78, 5) is 11.0. The van der Waals surface area contributed by atoms with Gasteiger partial charge in [-0.3, -0.25) is 0 Å². The molecule has 1 aliphatic carbocycles. The molecule has 1 aliphatic heterocycles. The molecule has 0 unspecified atom stereocenters. The smallest absolute Gasteiger partial charge is 0.218 e. The van der Waals surface area contributed by atoms with Gasteiger partial charge in [0.2, 0.25) is 5.88 Å². The molecule has 1 saturated carbocycles. The lowest BCUT2D eigenvalue weighted by molar-refractivity contribution is 0.0393. The van der Waals surface area contributed by atoms with Crippen molar-refractivity contribution in [3.05, 3.63) is 60.7 Å². The molecule has 0 N–H and O–H groups in total. The SMILES string of the molecule is c1ccc([C@H]2CN(c3cc(OC4CC(n5ccnn5)C4)ncn3)CCO2)cc1. The minimum atomic E-state index is 0.0457. The van der Waals surface area contributed by atoms with Gasteiger partial charge in [0.15, 0.2) is 0 Å². The van der Waals surface area contributed by atoms with Gasteiger partial charge in [0, 0.05) is 38.2 Å². The number of rotatable bonds is 5. The van der Waals surface area contributed by atoms with Gasteiger partial charge < -0.3 is 14.4 Å². The van der Waals surface area contributed by atoms with Crippen LogP contribution in [-0.4, -0.2) is 50.8 Å². The standard InChI is InChI=1S/C20H22N6O2/c1-2-4-15(5-3-1)18-13-25(8-9-27-18)19-12-20(22-14-21-19)28-17-10-16(11-17)26-7-6-23-24-26/h1-7,12,14,16-18H,8-11,13H2/t16?,17?,18-/m1/s1. The topological polar surface area (TPSA) is 78.2 Å². The van der Waals surface area contributed by atoms with Gasteiger partial charge in [-0.2, -0.15) is 0 Å². The first-order valence-corrected chi connectivity index (χ1v) is 9.61. The molecule has 1 atom stereocenters. The Kier molecular flexibility index (Phi) is 4.62. The van der Waals surface area contributed by atoms with Crippen LogP contribution in [0.25, 0.3) is 0 Å². The van der Waals surface area contributed by atoms with Crippen molar-refractivity contribution in [1.82, 2.24) is 25.0 Å². The van der Waals surface area contributed by atoms with Crippen LogP contribution in [0.3, 0.4) is 0 Å². The molecular weight excluding hydrogens is 356 g/mol. The first kappa shape index (κ1) is 17.1. The molecule has 0 radical (unpaired) electrons. The first-order valence-electron chi connectivity index (χ1n) is 9.61. The molecule has 3 aromatic rings. The highest BCUT2D eigenvalue weighted by Crippen LogP contribution is 2.34. The lowest BCUT2D eigenvalue weighted by Gasteiger charge is -2.35. The summed E-state index contributed by atoms with van der Waals surface area (Å²) in [6.45, 7) is 2.23. The number of anilines is 1. The van der Waals surface area contributed by atoms with Crippen molar-refractivity contribution in [2.45, 2.75) is 31.1 Å². The number of benzene rings is 1. The maximum atomic E-state index is 6.05. The highest BCUT2D eigenvalue weighted by molar-refractivity contribution is 5.42. The Bertz CT molecular complexity index is 898. The lowest BCUT2D eigenvalue weighted by atomic mass is 9.89. The summed E-state index contributed by atoms with van der Waals surface area (Å²) in [5, 5.41) is 7.92. The Morgan fingerprint density at radius 2 is 2.00 bits per heavy atom. The second kappa shape index (κ2) is 7.55.